The van der Waals surface area contributed by atoms with Crippen molar-refractivity contribution in [1.29, 1.82) is 0 Å². The Labute approximate surface area is 141 Å². The number of hydrogen-bond donors (Lipinski definition) is 2. The number of likely N-dealkylation sites (tertiary alicyclic amines) is 1. The van der Waals surface area contributed by atoms with Crippen molar-refractivity contribution in [2.45, 2.75) is 37.1 Å². The Kier molecular flexibility index (Phi) is 4.48. The fraction of sp³-hybridized carbons (Fsp3) is 0.529. The number of urea groups is 1. The van der Waals surface area contributed by atoms with Crippen LogP contribution >= 0.6 is 11.6 Å². The first-order valence-electron chi connectivity index (χ1n) is 8.03. The van der Waals surface area contributed by atoms with Gasteiger partial charge in [-0.3, -0.25) is 4.79 Å². The molecule has 1 saturated heterocycles. The van der Waals surface area contributed by atoms with Crippen molar-refractivity contribution in [3.05, 3.63) is 34.9 Å². The Morgan fingerprint density at radius 3 is 2.65 bits per heavy atom. The molecule has 0 aromatic heterocycles. The van der Waals surface area contributed by atoms with Crippen molar-refractivity contribution in [2.75, 3.05) is 20.1 Å². The van der Waals surface area contributed by atoms with Gasteiger partial charge in [-0.15, -0.1) is 0 Å². The lowest BCUT2D eigenvalue weighted by atomic mass is 9.96. The molecule has 23 heavy (non-hydrogen) atoms. The second kappa shape index (κ2) is 6.40. The van der Waals surface area contributed by atoms with E-state index in [0.717, 1.165) is 17.9 Å². The molecule has 1 aliphatic heterocycles. The standard InChI is InChI=1S/C17H22ClN3O2/c1-21-10-14(6-7-15(21)22)20-16(23)19-11-17(8-9-17)12-2-4-13(18)5-3-12/h2-5,14H,6-11H2,1H3,(H2,19,20,23). The maximum Gasteiger partial charge on any atom is 0.315 e. The van der Waals surface area contributed by atoms with E-state index in [-0.39, 0.29) is 23.4 Å². The summed E-state index contributed by atoms with van der Waals surface area (Å²) in [6.07, 6.45) is 3.36. The van der Waals surface area contributed by atoms with E-state index in [4.69, 9.17) is 11.6 Å². The highest BCUT2D eigenvalue weighted by atomic mass is 35.5. The quantitative estimate of drug-likeness (QED) is 0.887. The largest absolute Gasteiger partial charge is 0.344 e. The first kappa shape index (κ1) is 16.1. The van der Waals surface area contributed by atoms with Crippen molar-refractivity contribution in [2.24, 2.45) is 0 Å². The third-order valence-electron chi connectivity index (χ3n) is 4.86. The fourth-order valence-corrected chi connectivity index (χ4v) is 3.26. The molecule has 0 spiro atoms. The first-order valence-corrected chi connectivity index (χ1v) is 8.41. The third-order valence-corrected chi connectivity index (χ3v) is 5.11. The molecular weight excluding hydrogens is 314 g/mol. The molecule has 2 fully saturated rings. The monoisotopic (exact) mass is 335 g/mol. The van der Waals surface area contributed by atoms with Crippen LogP contribution in [0.25, 0.3) is 0 Å². The predicted molar refractivity (Wildman–Crippen MR) is 89.6 cm³/mol. The molecule has 0 bridgehead atoms. The van der Waals surface area contributed by atoms with E-state index >= 15 is 0 Å². The van der Waals surface area contributed by atoms with Crippen LogP contribution < -0.4 is 10.6 Å². The minimum atomic E-state index is -0.155. The Morgan fingerprint density at radius 2 is 2.04 bits per heavy atom. The van der Waals surface area contributed by atoms with Crippen LogP contribution in [0.1, 0.15) is 31.2 Å². The molecule has 1 unspecified atom stereocenters. The molecule has 5 nitrogen and oxygen atoms in total. The van der Waals surface area contributed by atoms with Crippen LogP contribution in [-0.2, 0) is 10.2 Å². The van der Waals surface area contributed by atoms with Crippen molar-refractivity contribution in [1.82, 2.24) is 15.5 Å². The smallest absolute Gasteiger partial charge is 0.315 e. The lowest BCUT2D eigenvalue weighted by Crippen LogP contribution is -2.51. The van der Waals surface area contributed by atoms with Crippen molar-refractivity contribution in [3.63, 3.8) is 0 Å². The summed E-state index contributed by atoms with van der Waals surface area (Å²) in [7, 11) is 1.77. The number of likely N-dealkylation sites (N-methyl/N-ethyl adjacent to an activating group) is 1. The van der Waals surface area contributed by atoms with Gasteiger partial charge in [0.2, 0.25) is 5.91 Å². The van der Waals surface area contributed by atoms with Gasteiger partial charge >= 0.3 is 6.03 Å². The van der Waals surface area contributed by atoms with E-state index in [1.54, 1.807) is 11.9 Å². The van der Waals surface area contributed by atoms with E-state index in [1.165, 1.54) is 5.56 Å². The molecule has 1 aromatic carbocycles. The van der Waals surface area contributed by atoms with Crippen LogP contribution in [-0.4, -0.2) is 43.0 Å². The second-order valence-corrected chi connectivity index (χ2v) is 7.06. The number of halogens is 1. The molecule has 3 amide bonds. The number of nitrogens with one attached hydrogen (secondary N) is 2. The van der Waals surface area contributed by atoms with E-state index < -0.39 is 0 Å². The summed E-state index contributed by atoms with van der Waals surface area (Å²) in [4.78, 5) is 25.2. The summed E-state index contributed by atoms with van der Waals surface area (Å²) in [5.41, 5.74) is 1.28. The minimum Gasteiger partial charge on any atom is -0.344 e. The zero-order chi connectivity index (χ0) is 16.4. The van der Waals surface area contributed by atoms with E-state index in [0.29, 0.717) is 25.9 Å². The van der Waals surface area contributed by atoms with Crippen LogP contribution in [0.15, 0.2) is 24.3 Å². The number of nitrogens with zero attached hydrogens (tertiary/aromatic N) is 1. The molecule has 124 valence electrons. The Morgan fingerprint density at radius 1 is 1.35 bits per heavy atom. The van der Waals surface area contributed by atoms with Gasteiger partial charge in [0, 0.05) is 43.0 Å². The van der Waals surface area contributed by atoms with Crippen molar-refractivity contribution >= 4 is 23.5 Å². The van der Waals surface area contributed by atoms with Gasteiger partial charge < -0.3 is 15.5 Å². The Balaban J connectivity index is 1.49. The van der Waals surface area contributed by atoms with Gasteiger partial charge in [0.25, 0.3) is 0 Å². The zero-order valence-electron chi connectivity index (χ0n) is 13.3. The number of carbonyl (C=O) groups is 2. The highest BCUT2D eigenvalue weighted by molar-refractivity contribution is 6.30. The lowest BCUT2D eigenvalue weighted by Gasteiger charge is -2.30. The maximum atomic E-state index is 12.1. The lowest BCUT2D eigenvalue weighted by molar-refractivity contribution is -0.132. The molecular formula is C17H22ClN3O2. The van der Waals surface area contributed by atoms with Crippen LogP contribution in [0.5, 0.6) is 0 Å². The van der Waals surface area contributed by atoms with Gasteiger partial charge in [0.05, 0.1) is 0 Å². The average molecular weight is 336 g/mol. The summed E-state index contributed by atoms with van der Waals surface area (Å²) in [6.45, 7) is 1.20. The molecule has 3 rings (SSSR count). The molecule has 1 heterocycles. The van der Waals surface area contributed by atoms with Gasteiger partial charge in [-0.25, -0.2) is 4.79 Å². The SMILES string of the molecule is CN1CC(NC(=O)NCC2(c3ccc(Cl)cc3)CC2)CCC1=O. The van der Waals surface area contributed by atoms with Crippen molar-refractivity contribution < 1.29 is 9.59 Å². The number of hydrogen-bond acceptors (Lipinski definition) is 2. The molecule has 1 atom stereocenters. The number of rotatable bonds is 4. The Bertz CT molecular complexity index is 598. The normalized spacial score (nSPS) is 22.6. The minimum absolute atomic E-state index is 0.0309. The van der Waals surface area contributed by atoms with Crippen LogP contribution in [0, 0.1) is 0 Å². The summed E-state index contributed by atoms with van der Waals surface area (Å²) in [5, 5.41) is 6.68. The van der Waals surface area contributed by atoms with Gasteiger partial charge in [-0.1, -0.05) is 23.7 Å². The van der Waals surface area contributed by atoms with Crippen LogP contribution in [0.3, 0.4) is 0 Å². The van der Waals surface area contributed by atoms with E-state index in [1.807, 2.05) is 24.3 Å². The van der Waals surface area contributed by atoms with Gasteiger partial charge in [0.15, 0.2) is 0 Å². The van der Waals surface area contributed by atoms with Crippen LogP contribution in [0.4, 0.5) is 4.79 Å². The molecule has 6 heteroatoms. The highest BCUT2D eigenvalue weighted by Gasteiger charge is 2.44. The van der Waals surface area contributed by atoms with E-state index in [2.05, 4.69) is 10.6 Å². The van der Waals surface area contributed by atoms with Gasteiger partial charge in [0.1, 0.15) is 0 Å². The molecule has 2 N–H and O–H groups in total. The number of piperidine rings is 1. The van der Waals surface area contributed by atoms with Crippen molar-refractivity contribution in [3.8, 4) is 0 Å². The first-order chi connectivity index (χ1) is 11.0. The summed E-state index contributed by atoms with van der Waals surface area (Å²) in [6, 6.07) is 7.74. The highest BCUT2D eigenvalue weighted by Crippen LogP contribution is 2.47. The average Bonchev–Trinajstić information content (AvgIpc) is 3.31. The Hall–Kier alpha value is -1.75. The maximum absolute atomic E-state index is 12.1. The molecule has 1 aliphatic carbocycles. The number of amides is 3. The molecule has 1 aromatic rings. The molecule has 0 radical (unpaired) electrons. The van der Waals surface area contributed by atoms with Crippen LogP contribution in [0.2, 0.25) is 5.02 Å². The predicted octanol–water partition coefficient (Wildman–Crippen LogP) is 2.29. The topological polar surface area (TPSA) is 61.4 Å². The number of carbonyl (C=O) groups excluding carboxylic acids is 2. The third kappa shape index (κ3) is 3.78. The van der Waals surface area contributed by atoms with Gasteiger partial charge in [-0.05, 0) is 37.0 Å². The van der Waals surface area contributed by atoms with E-state index in [9.17, 15) is 9.59 Å². The summed E-state index contributed by atoms with van der Waals surface area (Å²) >= 11 is 5.93. The summed E-state index contributed by atoms with van der Waals surface area (Å²) in [5.74, 6) is 0.142. The van der Waals surface area contributed by atoms with Gasteiger partial charge in [-0.2, -0.15) is 0 Å². The molecule has 1 saturated carbocycles. The fourth-order valence-electron chi connectivity index (χ4n) is 3.14. The second-order valence-electron chi connectivity index (χ2n) is 6.62. The zero-order valence-corrected chi connectivity index (χ0v) is 14.0. The molecule has 2 aliphatic rings. The summed E-state index contributed by atoms with van der Waals surface area (Å²) < 4.78 is 0. The number of benzene rings is 1.